The van der Waals surface area contributed by atoms with Gasteiger partial charge in [0.1, 0.15) is 0 Å². The normalized spacial score (nSPS) is 14.4. The van der Waals surface area contributed by atoms with Crippen LogP contribution in [0.15, 0.2) is 42.5 Å². The van der Waals surface area contributed by atoms with Crippen LogP contribution in [-0.4, -0.2) is 29.0 Å². The monoisotopic (exact) mass is 388 g/mol. The summed E-state index contributed by atoms with van der Waals surface area (Å²) in [6, 6.07) is 9.74. The molecular formula is C18H16N2O8. The fraction of sp³-hybridized carbons (Fsp3) is 0.278. The lowest BCUT2D eigenvalue weighted by Gasteiger charge is -2.23. The van der Waals surface area contributed by atoms with Crippen LogP contribution in [0.3, 0.4) is 0 Å². The number of ether oxygens (including phenoxy) is 3. The third kappa shape index (κ3) is 4.48. The summed E-state index contributed by atoms with van der Waals surface area (Å²) in [6.45, 7) is 0.954. The first-order valence-electron chi connectivity index (χ1n) is 8.40. The zero-order valence-corrected chi connectivity index (χ0v) is 14.6. The Morgan fingerprint density at radius 2 is 1.71 bits per heavy atom. The second kappa shape index (κ2) is 8.55. The number of nitro groups is 2. The van der Waals surface area contributed by atoms with Gasteiger partial charge in [0.05, 0.1) is 29.5 Å². The Balaban J connectivity index is 1.78. The molecular weight excluding hydrogens is 372 g/mol. The summed E-state index contributed by atoms with van der Waals surface area (Å²) in [5, 5.41) is 22.4. The molecule has 2 aromatic carbocycles. The molecule has 1 saturated heterocycles. The summed E-state index contributed by atoms with van der Waals surface area (Å²) in [6.07, 6.45) is -0.380. The number of carbonyl (C=O) groups excluding carboxylic acids is 1. The fourth-order valence-electron chi connectivity index (χ4n) is 2.74. The highest BCUT2D eigenvalue weighted by atomic mass is 16.7. The fourth-order valence-corrected chi connectivity index (χ4v) is 2.74. The average molecular weight is 388 g/mol. The number of hydrogen-bond acceptors (Lipinski definition) is 8. The second-order valence-electron chi connectivity index (χ2n) is 5.95. The lowest BCUT2D eigenvalue weighted by molar-refractivity contribution is -0.385. The third-order valence-electron chi connectivity index (χ3n) is 4.03. The van der Waals surface area contributed by atoms with E-state index in [-0.39, 0.29) is 17.0 Å². The van der Waals surface area contributed by atoms with Gasteiger partial charge < -0.3 is 14.2 Å². The van der Waals surface area contributed by atoms with Gasteiger partial charge in [0.25, 0.3) is 5.69 Å². The van der Waals surface area contributed by atoms with Crippen LogP contribution in [0.5, 0.6) is 5.75 Å². The Morgan fingerprint density at radius 3 is 2.39 bits per heavy atom. The number of nitrogens with zero attached hydrogens (tertiary/aromatic N) is 2. The SMILES string of the molecule is O=C(Cc1ccccc1[N+](=O)[O-])Oc1ccc(C2OCCCO2)cc1[N+](=O)[O-]. The summed E-state index contributed by atoms with van der Waals surface area (Å²) in [5.41, 5.74) is -0.0623. The van der Waals surface area contributed by atoms with Gasteiger partial charge in [-0.3, -0.25) is 25.0 Å². The minimum absolute atomic E-state index is 0.153. The van der Waals surface area contributed by atoms with E-state index in [1.165, 1.54) is 36.4 Å². The molecule has 10 heteroatoms. The van der Waals surface area contributed by atoms with E-state index in [0.29, 0.717) is 18.8 Å². The predicted molar refractivity (Wildman–Crippen MR) is 94.8 cm³/mol. The van der Waals surface area contributed by atoms with Crippen LogP contribution >= 0.6 is 0 Å². The first-order chi connectivity index (χ1) is 13.5. The van der Waals surface area contributed by atoms with Crippen LogP contribution in [0.2, 0.25) is 0 Å². The molecule has 2 aromatic rings. The highest BCUT2D eigenvalue weighted by Crippen LogP contribution is 2.33. The Bertz CT molecular complexity index is 908. The van der Waals surface area contributed by atoms with E-state index in [4.69, 9.17) is 14.2 Å². The molecule has 1 aliphatic heterocycles. The van der Waals surface area contributed by atoms with Gasteiger partial charge in [-0.2, -0.15) is 0 Å². The first-order valence-corrected chi connectivity index (χ1v) is 8.40. The van der Waals surface area contributed by atoms with Gasteiger partial charge in [-0.25, -0.2) is 0 Å². The zero-order chi connectivity index (χ0) is 20.1. The van der Waals surface area contributed by atoms with Crippen molar-refractivity contribution in [3.63, 3.8) is 0 Å². The maximum absolute atomic E-state index is 12.2. The maximum Gasteiger partial charge on any atom is 0.316 e. The van der Waals surface area contributed by atoms with E-state index in [9.17, 15) is 25.0 Å². The van der Waals surface area contributed by atoms with Gasteiger partial charge >= 0.3 is 11.7 Å². The van der Waals surface area contributed by atoms with Crippen LogP contribution in [0.4, 0.5) is 11.4 Å². The van der Waals surface area contributed by atoms with Crippen molar-refractivity contribution in [2.75, 3.05) is 13.2 Å². The molecule has 0 atom stereocenters. The first kappa shape index (κ1) is 19.4. The maximum atomic E-state index is 12.2. The molecule has 1 heterocycles. The lowest BCUT2D eigenvalue weighted by Crippen LogP contribution is -2.18. The quantitative estimate of drug-likeness (QED) is 0.319. The number of para-hydroxylation sites is 1. The highest BCUT2D eigenvalue weighted by molar-refractivity contribution is 5.77. The molecule has 0 spiro atoms. The van der Waals surface area contributed by atoms with Crippen molar-refractivity contribution in [3.05, 3.63) is 73.8 Å². The zero-order valence-electron chi connectivity index (χ0n) is 14.6. The van der Waals surface area contributed by atoms with Crippen LogP contribution in [-0.2, 0) is 20.7 Å². The van der Waals surface area contributed by atoms with Crippen molar-refractivity contribution in [1.29, 1.82) is 0 Å². The number of rotatable bonds is 6. The molecule has 0 radical (unpaired) electrons. The van der Waals surface area contributed by atoms with Gasteiger partial charge in [-0.05, 0) is 18.6 Å². The van der Waals surface area contributed by atoms with Crippen molar-refractivity contribution >= 4 is 17.3 Å². The summed E-state index contributed by atoms with van der Waals surface area (Å²) in [5.74, 6) is -1.11. The van der Waals surface area contributed by atoms with Gasteiger partial charge in [0.2, 0.25) is 5.75 Å². The molecule has 146 valence electrons. The Hall–Kier alpha value is -3.37. The largest absolute Gasteiger partial charge is 0.419 e. The molecule has 10 nitrogen and oxygen atoms in total. The molecule has 0 N–H and O–H groups in total. The molecule has 1 fully saturated rings. The summed E-state index contributed by atoms with van der Waals surface area (Å²) < 4.78 is 15.9. The summed E-state index contributed by atoms with van der Waals surface area (Å²) >= 11 is 0. The number of esters is 1. The number of hydrogen-bond donors (Lipinski definition) is 0. The minimum atomic E-state index is -0.852. The van der Waals surface area contributed by atoms with E-state index in [2.05, 4.69) is 0 Å². The predicted octanol–water partition coefficient (Wildman–Crippen LogP) is 3.09. The van der Waals surface area contributed by atoms with E-state index in [0.717, 1.165) is 6.42 Å². The molecule has 0 amide bonds. The molecule has 1 aliphatic rings. The second-order valence-corrected chi connectivity index (χ2v) is 5.95. The summed E-state index contributed by atoms with van der Waals surface area (Å²) in [7, 11) is 0. The van der Waals surface area contributed by atoms with Crippen LogP contribution in [0, 0.1) is 20.2 Å². The van der Waals surface area contributed by atoms with Gasteiger partial charge in [0.15, 0.2) is 6.29 Å². The molecule has 0 aromatic heterocycles. The average Bonchev–Trinajstić information content (AvgIpc) is 2.69. The van der Waals surface area contributed by atoms with E-state index >= 15 is 0 Å². The Morgan fingerprint density at radius 1 is 1.04 bits per heavy atom. The molecule has 0 aliphatic carbocycles. The van der Waals surface area contributed by atoms with Crippen LogP contribution in [0.25, 0.3) is 0 Å². The molecule has 3 rings (SSSR count). The molecule has 0 bridgehead atoms. The van der Waals surface area contributed by atoms with Gasteiger partial charge in [0, 0.05) is 23.3 Å². The lowest BCUT2D eigenvalue weighted by atomic mass is 10.1. The summed E-state index contributed by atoms with van der Waals surface area (Å²) in [4.78, 5) is 33.3. The minimum Gasteiger partial charge on any atom is -0.419 e. The van der Waals surface area contributed by atoms with Gasteiger partial charge in [-0.15, -0.1) is 0 Å². The van der Waals surface area contributed by atoms with Crippen LogP contribution < -0.4 is 4.74 Å². The Kier molecular flexibility index (Phi) is 5.92. The molecule has 0 saturated carbocycles. The number of carbonyl (C=O) groups is 1. The third-order valence-corrected chi connectivity index (χ3v) is 4.03. The van der Waals surface area contributed by atoms with Crippen molar-refractivity contribution < 1.29 is 28.9 Å². The highest BCUT2D eigenvalue weighted by Gasteiger charge is 2.25. The van der Waals surface area contributed by atoms with Crippen molar-refractivity contribution in [2.24, 2.45) is 0 Å². The van der Waals surface area contributed by atoms with Crippen molar-refractivity contribution in [2.45, 2.75) is 19.1 Å². The number of benzene rings is 2. The number of nitro benzene ring substituents is 2. The van der Waals surface area contributed by atoms with E-state index in [1.807, 2.05) is 0 Å². The van der Waals surface area contributed by atoms with E-state index < -0.39 is 34.2 Å². The topological polar surface area (TPSA) is 131 Å². The standard InChI is InChI=1S/C18H16N2O8/c21-17(11-12-4-1-2-5-14(12)19(22)23)28-16-7-6-13(10-15(16)20(24)25)18-26-8-3-9-27-18/h1-2,4-7,10,18H,3,8-9,11H2. The van der Waals surface area contributed by atoms with E-state index in [1.54, 1.807) is 6.07 Å². The molecule has 0 unspecified atom stereocenters. The smallest absolute Gasteiger partial charge is 0.316 e. The molecule has 28 heavy (non-hydrogen) atoms. The van der Waals surface area contributed by atoms with Gasteiger partial charge in [-0.1, -0.05) is 18.2 Å². The van der Waals surface area contributed by atoms with Crippen LogP contribution in [0.1, 0.15) is 23.8 Å². The van der Waals surface area contributed by atoms with Crippen molar-refractivity contribution in [1.82, 2.24) is 0 Å². The Labute approximate surface area is 158 Å². The van der Waals surface area contributed by atoms with Crippen molar-refractivity contribution in [3.8, 4) is 5.75 Å².